The highest BCUT2D eigenvalue weighted by Gasteiger charge is 2.25. The molecule has 1 aliphatic carbocycles. The summed E-state index contributed by atoms with van der Waals surface area (Å²) in [6, 6.07) is 2.01. The number of aromatic nitrogens is 3. The standard InChI is InChI=1S/C17H24N4O2/c1-13-4-16(19-23-13)8-20-6-15(11-22-10-14-2-3-14)7-21-12-18-5-17(21)9-20/h4-5,12,14-15H,2-3,6-11H2,1H3. The van der Waals surface area contributed by atoms with Crippen LogP contribution in [0.5, 0.6) is 0 Å². The van der Waals surface area contributed by atoms with Crippen molar-refractivity contribution in [3.8, 4) is 0 Å². The summed E-state index contributed by atoms with van der Waals surface area (Å²) in [6.45, 7) is 7.38. The van der Waals surface area contributed by atoms with Gasteiger partial charge >= 0.3 is 0 Å². The van der Waals surface area contributed by atoms with Crippen LogP contribution in [0, 0.1) is 18.8 Å². The van der Waals surface area contributed by atoms with Crippen molar-refractivity contribution in [2.24, 2.45) is 11.8 Å². The maximum absolute atomic E-state index is 5.95. The van der Waals surface area contributed by atoms with Gasteiger partial charge < -0.3 is 13.8 Å². The normalized spacial score (nSPS) is 22.0. The molecule has 124 valence electrons. The molecule has 3 heterocycles. The summed E-state index contributed by atoms with van der Waals surface area (Å²) in [4.78, 5) is 6.72. The van der Waals surface area contributed by atoms with E-state index in [9.17, 15) is 0 Å². The van der Waals surface area contributed by atoms with Crippen LogP contribution in [0.4, 0.5) is 0 Å². The molecular formula is C17H24N4O2. The van der Waals surface area contributed by atoms with Crippen LogP contribution in [0.1, 0.15) is 30.0 Å². The van der Waals surface area contributed by atoms with Crippen molar-refractivity contribution < 1.29 is 9.26 Å². The summed E-state index contributed by atoms with van der Waals surface area (Å²) in [5.74, 6) is 2.17. The van der Waals surface area contributed by atoms with Gasteiger partial charge in [0.2, 0.25) is 0 Å². The zero-order valence-electron chi connectivity index (χ0n) is 13.6. The van der Waals surface area contributed by atoms with Crippen LogP contribution in [0.2, 0.25) is 0 Å². The predicted octanol–water partition coefficient (Wildman–Crippen LogP) is 2.24. The van der Waals surface area contributed by atoms with E-state index in [1.54, 1.807) is 0 Å². The van der Waals surface area contributed by atoms with Gasteiger partial charge in [-0.05, 0) is 25.7 Å². The summed E-state index contributed by atoms with van der Waals surface area (Å²) in [7, 11) is 0. The molecule has 0 aromatic carbocycles. The lowest BCUT2D eigenvalue weighted by molar-refractivity contribution is 0.0701. The van der Waals surface area contributed by atoms with Crippen LogP contribution in [0.15, 0.2) is 23.1 Å². The molecule has 0 N–H and O–H groups in total. The lowest BCUT2D eigenvalue weighted by Crippen LogP contribution is -2.30. The first-order chi connectivity index (χ1) is 11.3. The maximum Gasteiger partial charge on any atom is 0.133 e. The van der Waals surface area contributed by atoms with Crippen LogP contribution in [-0.4, -0.2) is 39.4 Å². The van der Waals surface area contributed by atoms with Gasteiger partial charge in [-0.3, -0.25) is 4.90 Å². The minimum absolute atomic E-state index is 0.484. The molecule has 0 bridgehead atoms. The first-order valence-electron chi connectivity index (χ1n) is 8.47. The molecule has 2 aliphatic rings. The highest BCUT2D eigenvalue weighted by Crippen LogP contribution is 2.29. The van der Waals surface area contributed by atoms with Gasteiger partial charge in [-0.2, -0.15) is 0 Å². The fourth-order valence-electron chi connectivity index (χ4n) is 3.27. The van der Waals surface area contributed by atoms with Crippen LogP contribution in [-0.2, 0) is 24.4 Å². The number of nitrogens with zero attached hydrogens (tertiary/aromatic N) is 4. The second-order valence-corrected chi connectivity index (χ2v) is 6.98. The molecule has 2 aromatic heterocycles. The smallest absolute Gasteiger partial charge is 0.133 e. The van der Waals surface area contributed by atoms with Crippen molar-refractivity contribution in [3.63, 3.8) is 0 Å². The molecule has 1 fully saturated rings. The number of fused-ring (bicyclic) bond motifs is 1. The monoisotopic (exact) mass is 316 g/mol. The molecule has 6 heteroatoms. The molecule has 0 radical (unpaired) electrons. The molecule has 6 nitrogen and oxygen atoms in total. The molecule has 1 saturated carbocycles. The Balaban J connectivity index is 1.42. The summed E-state index contributed by atoms with van der Waals surface area (Å²) in [5, 5.41) is 4.13. The minimum atomic E-state index is 0.484. The molecule has 0 spiro atoms. The van der Waals surface area contributed by atoms with E-state index < -0.39 is 0 Å². The largest absolute Gasteiger partial charge is 0.381 e. The van der Waals surface area contributed by atoms with Crippen LogP contribution in [0.3, 0.4) is 0 Å². The highest BCUT2D eigenvalue weighted by atomic mass is 16.5. The van der Waals surface area contributed by atoms with Crippen molar-refractivity contribution in [2.45, 2.75) is 39.4 Å². The Morgan fingerprint density at radius 3 is 2.91 bits per heavy atom. The third kappa shape index (κ3) is 3.82. The SMILES string of the molecule is Cc1cc(CN2Cc3cncn3CC(COCC3CC3)C2)no1. The first-order valence-corrected chi connectivity index (χ1v) is 8.47. The summed E-state index contributed by atoms with van der Waals surface area (Å²) >= 11 is 0. The molecule has 0 saturated heterocycles. The minimum Gasteiger partial charge on any atom is -0.381 e. The van der Waals surface area contributed by atoms with Crippen molar-refractivity contribution in [3.05, 3.63) is 35.7 Å². The molecule has 1 atom stereocenters. The van der Waals surface area contributed by atoms with E-state index in [0.29, 0.717) is 5.92 Å². The summed E-state index contributed by atoms with van der Waals surface area (Å²) < 4.78 is 13.4. The Hall–Kier alpha value is -1.66. The Labute approximate surface area is 136 Å². The molecule has 2 aromatic rings. The fourth-order valence-corrected chi connectivity index (χ4v) is 3.27. The average Bonchev–Trinajstić information content (AvgIpc) is 3.16. The number of hydrogen-bond acceptors (Lipinski definition) is 5. The Bertz CT molecular complexity index is 647. The second-order valence-electron chi connectivity index (χ2n) is 6.98. The molecule has 1 unspecified atom stereocenters. The summed E-state index contributed by atoms with van der Waals surface area (Å²) in [5.41, 5.74) is 2.25. The zero-order valence-corrected chi connectivity index (χ0v) is 13.6. The van der Waals surface area contributed by atoms with Gasteiger partial charge in [0, 0.05) is 51.0 Å². The zero-order chi connectivity index (χ0) is 15.6. The fraction of sp³-hybridized carbons (Fsp3) is 0.647. The number of ether oxygens (including phenoxy) is 1. The highest BCUT2D eigenvalue weighted by molar-refractivity contribution is 5.05. The van der Waals surface area contributed by atoms with E-state index in [1.165, 1.54) is 18.5 Å². The number of hydrogen-bond donors (Lipinski definition) is 0. The summed E-state index contributed by atoms with van der Waals surface area (Å²) in [6.07, 6.45) is 6.59. The van der Waals surface area contributed by atoms with Crippen LogP contribution >= 0.6 is 0 Å². The third-order valence-electron chi connectivity index (χ3n) is 4.62. The molecule has 23 heavy (non-hydrogen) atoms. The van der Waals surface area contributed by atoms with E-state index in [0.717, 1.165) is 56.8 Å². The second kappa shape index (κ2) is 6.45. The van der Waals surface area contributed by atoms with Gasteiger partial charge in [-0.15, -0.1) is 0 Å². The van der Waals surface area contributed by atoms with Gasteiger partial charge in [0.05, 0.1) is 24.3 Å². The van der Waals surface area contributed by atoms with E-state index in [-0.39, 0.29) is 0 Å². The topological polar surface area (TPSA) is 56.3 Å². The van der Waals surface area contributed by atoms with E-state index in [4.69, 9.17) is 9.26 Å². The Morgan fingerprint density at radius 1 is 1.26 bits per heavy atom. The number of aryl methyl sites for hydroxylation is 1. The predicted molar refractivity (Wildman–Crippen MR) is 84.6 cm³/mol. The van der Waals surface area contributed by atoms with Gasteiger partial charge in [-0.25, -0.2) is 4.98 Å². The lowest BCUT2D eigenvalue weighted by Gasteiger charge is -2.23. The lowest BCUT2D eigenvalue weighted by atomic mass is 10.1. The number of rotatable bonds is 6. The van der Waals surface area contributed by atoms with Crippen molar-refractivity contribution in [1.29, 1.82) is 0 Å². The maximum atomic E-state index is 5.95. The van der Waals surface area contributed by atoms with Crippen LogP contribution in [0.25, 0.3) is 0 Å². The molecule has 0 amide bonds. The van der Waals surface area contributed by atoms with E-state index in [2.05, 4.69) is 19.6 Å². The Kier molecular flexibility index (Phi) is 4.18. The first kappa shape index (κ1) is 14.9. The van der Waals surface area contributed by atoms with Crippen molar-refractivity contribution in [2.75, 3.05) is 19.8 Å². The van der Waals surface area contributed by atoms with Gasteiger partial charge in [0.15, 0.2) is 0 Å². The number of imidazole rings is 1. The van der Waals surface area contributed by atoms with Crippen molar-refractivity contribution >= 4 is 0 Å². The Morgan fingerprint density at radius 2 is 2.13 bits per heavy atom. The quantitative estimate of drug-likeness (QED) is 0.818. The average molecular weight is 316 g/mol. The molecular weight excluding hydrogens is 292 g/mol. The van der Waals surface area contributed by atoms with Gasteiger partial charge in [0.25, 0.3) is 0 Å². The third-order valence-corrected chi connectivity index (χ3v) is 4.62. The van der Waals surface area contributed by atoms with E-state index in [1.807, 2.05) is 25.5 Å². The van der Waals surface area contributed by atoms with Gasteiger partial charge in [-0.1, -0.05) is 5.16 Å². The molecule has 1 aliphatic heterocycles. The van der Waals surface area contributed by atoms with Crippen LogP contribution < -0.4 is 0 Å². The van der Waals surface area contributed by atoms with Gasteiger partial charge in [0.1, 0.15) is 5.76 Å². The molecule has 4 rings (SSSR count). The van der Waals surface area contributed by atoms with E-state index >= 15 is 0 Å². The van der Waals surface area contributed by atoms with Crippen molar-refractivity contribution in [1.82, 2.24) is 19.6 Å².